The molecule has 0 fully saturated rings. The summed E-state index contributed by atoms with van der Waals surface area (Å²) >= 11 is 0. The van der Waals surface area contributed by atoms with Gasteiger partial charge in [-0.3, -0.25) is 14.4 Å². The first kappa shape index (κ1) is 17.8. The van der Waals surface area contributed by atoms with Crippen molar-refractivity contribution in [3.05, 3.63) is 0 Å². The lowest BCUT2D eigenvalue weighted by molar-refractivity contribution is -0.141. The van der Waals surface area contributed by atoms with Crippen LogP contribution in [-0.2, 0) is 28.6 Å². The Morgan fingerprint density at radius 2 is 0.947 bits per heavy atom. The lowest BCUT2D eigenvalue weighted by Gasteiger charge is -2.17. The van der Waals surface area contributed by atoms with E-state index in [2.05, 4.69) is 0 Å². The van der Waals surface area contributed by atoms with Gasteiger partial charge in [-0.25, -0.2) is 0 Å². The van der Waals surface area contributed by atoms with Crippen LogP contribution in [0.2, 0.25) is 0 Å². The molecule has 0 unspecified atom stereocenters. The van der Waals surface area contributed by atoms with Crippen LogP contribution in [0.5, 0.6) is 0 Å². The summed E-state index contributed by atoms with van der Waals surface area (Å²) < 4.78 is 15.0. The summed E-state index contributed by atoms with van der Waals surface area (Å²) in [7, 11) is -1.00. The Bertz CT molecular complexity index is 257. The smallest absolute Gasteiger partial charge is 0.305 e. The Morgan fingerprint density at radius 1 is 0.684 bits per heavy atom. The van der Waals surface area contributed by atoms with Crippen molar-refractivity contribution in [1.29, 1.82) is 0 Å². The largest absolute Gasteiger partial charge is 0.461 e. The van der Waals surface area contributed by atoms with Crippen LogP contribution in [-0.4, -0.2) is 37.0 Å². The highest BCUT2D eigenvalue weighted by atomic mass is 31.1. The van der Waals surface area contributed by atoms with Crippen molar-refractivity contribution in [2.24, 2.45) is 0 Å². The third-order valence-electron chi connectivity index (χ3n) is 2.09. The molecule has 0 aliphatic heterocycles. The molecule has 0 aromatic heterocycles. The van der Waals surface area contributed by atoms with Crippen LogP contribution in [0.1, 0.15) is 40.0 Å². The molecule has 0 saturated heterocycles. The molecule has 6 nitrogen and oxygen atoms in total. The summed E-state index contributed by atoms with van der Waals surface area (Å²) in [5.74, 6) is -0.969. The maximum Gasteiger partial charge on any atom is 0.305 e. The summed E-state index contributed by atoms with van der Waals surface area (Å²) in [6.07, 6.45) is 1.26. The number of rotatable bonds is 9. The van der Waals surface area contributed by atoms with Gasteiger partial charge in [0.2, 0.25) is 0 Å². The summed E-state index contributed by atoms with van der Waals surface area (Å²) in [5, 5.41) is 0. The van der Waals surface area contributed by atoms with E-state index in [1.54, 1.807) is 20.8 Å². The normalized spacial score (nSPS) is 10.1. The maximum absolute atomic E-state index is 11.1. The van der Waals surface area contributed by atoms with Crippen molar-refractivity contribution >= 4 is 25.8 Å². The van der Waals surface area contributed by atoms with E-state index in [0.29, 0.717) is 0 Å². The topological polar surface area (TPSA) is 78.9 Å². The lowest BCUT2D eigenvalue weighted by Crippen LogP contribution is -2.12. The molecule has 0 saturated carbocycles. The molecule has 0 aromatic rings. The Morgan fingerprint density at radius 3 is 1.16 bits per heavy atom. The second-order valence-corrected chi connectivity index (χ2v) is 5.78. The molecule has 0 aliphatic carbocycles. The van der Waals surface area contributed by atoms with E-state index >= 15 is 0 Å². The van der Waals surface area contributed by atoms with E-state index in [0.717, 1.165) is 0 Å². The number of carbonyl (C=O) groups excluding carboxylic acids is 3. The van der Waals surface area contributed by atoms with Gasteiger partial charge >= 0.3 is 17.9 Å². The highest BCUT2D eigenvalue weighted by Gasteiger charge is 2.15. The zero-order valence-corrected chi connectivity index (χ0v) is 12.5. The molecule has 0 heterocycles. The number of esters is 3. The van der Waals surface area contributed by atoms with Gasteiger partial charge in [-0.1, -0.05) is 20.8 Å². The third-order valence-corrected chi connectivity index (χ3v) is 3.57. The van der Waals surface area contributed by atoms with Crippen molar-refractivity contribution in [2.45, 2.75) is 40.0 Å². The second-order valence-electron chi connectivity index (χ2n) is 3.67. The fourth-order valence-electron chi connectivity index (χ4n) is 0.908. The minimum Gasteiger partial charge on any atom is -0.461 e. The summed E-state index contributed by atoms with van der Waals surface area (Å²) in [4.78, 5) is 33.2. The number of hydrogen-bond acceptors (Lipinski definition) is 6. The first-order valence-corrected chi connectivity index (χ1v) is 8.12. The SMILES string of the molecule is CCC(=O)OCP(COC(=O)CC)COC(=O)CC. The van der Waals surface area contributed by atoms with Crippen LogP contribution in [0, 0.1) is 0 Å². The van der Waals surface area contributed by atoms with Crippen LogP contribution in [0.15, 0.2) is 0 Å². The van der Waals surface area contributed by atoms with Crippen molar-refractivity contribution in [2.75, 3.05) is 19.0 Å². The molecule has 0 rings (SSSR count). The average Bonchev–Trinajstić information content (AvgIpc) is 2.44. The molecule has 110 valence electrons. The van der Waals surface area contributed by atoms with Gasteiger partial charge in [-0.2, -0.15) is 0 Å². The highest BCUT2D eigenvalue weighted by Crippen LogP contribution is 2.35. The quantitative estimate of drug-likeness (QED) is 0.368. The zero-order chi connectivity index (χ0) is 14.7. The molecule has 7 heteroatoms. The molecular formula is C12H21O6P. The fraction of sp³-hybridized carbons (Fsp3) is 0.750. The average molecular weight is 292 g/mol. The molecular weight excluding hydrogens is 271 g/mol. The Kier molecular flexibility index (Phi) is 10.1. The van der Waals surface area contributed by atoms with Crippen LogP contribution < -0.4 is 0 Å². The fourth-order valence-corrected chi connectivity index (χ4v) is 2.11. The number of carbonyl (C=O) groups is 3. The Balaban J connectivity index is 4.16. The molecule has 0 N–H and O–H groups in total. The van der Waals surface area contributed by atoms with Gasteiger partial charge in [0.1, 0.15) is 19.0 Å². The van der Waals surface area contributed by atoms with E-state index < -0.39 is 7.92 Å². The van der Waals surface area contributed by atoms with Gasteiger partial charge in [0, 0.05) is 27.2 Å². The summed E-state index contributed by atoms with van der Waals surface area (Å²) in [6, 6.07) is 0. The van der Waals surface area contributed by atoms with Gasteiger partial charge in [0.15, 0.2) is 0 Å². The minimum atomic E-state index is -1.00. The zero-order valence-electron chi connectivity index (χ0n) is 11.6. The predicted octanol–water partition coefficient (Wildman–Crippen LogP) is 2.20. The monoisotopic (exact) mass is 292 g/mol. The Hall–Kier alpha value is -1.16. The minimum absolute atomic E-state index is 0.135. The van der Waals surface area contributed by atoms with Gasteiger partial charge in [0.05, 0.1) is 0 Å². The van der Waals surface area contributed by atoms with E-state index in [9.17, 15) is 14.4 Å². The summed E-state index contributed by atoms with van der Waals surface area (Å²) in [5.41, 5.74) is 0. The van der Waals surface area contributed by atoms with Crippen molar-refractivity contribution in [3.8, 4) is 0 Å². The number of ether oxygens (including phenoxy) is 3. The van der Waals surface area contributed by atoms with E-state index in [1.165, 1.54) is 0 Å². The molecule has 0 spiro atoms. The van der Waals surface area contributed by atoms with Crippen molar-refractivity contribution in [1.82, 2.24) is 0 Å². The van der Waals surface area contributed by atoms with Crippen molar-refractivity contribution in [3.63, 3.8) is 0 Å². The first-order valence-electron chi connectivity index (χ1n) is 6.22. The van der Waals surface area contributed by atoms with Gasteiger partial charge in [-0.05, 0) is 0 Å². The molecule has 19 heavy (non-hydrogen) atoms. The lowest BCUT2D eigenvalue weighted by atomic mass is 10.5. The van der Waals surface area contributed by atoms with Gasteiger partial charge in [-0.15, -0.1) is 0 Å². The van der Waals surface area contributed by atoms with Crippen LogP contribution in [0.25, 0.3) is 0 Å². The standard InChI is InChI=1S/C12H21O6P/c1-4-10(13)16-7-19(8-17-11(14)5-2)9-18-12(15)6-3/h4-9H2,1-3H3. The molecule has 0 atom stereocenters. The van der Waals surface area contributed by atoms with Gasteiger partial charge < -0.3 is 14.2 Å². The number of hydrogen-bond donors (Lipinski definition) is 0. The van der Waals surface area contributed by atoms with Crippen LogP contribution in [0.3, 0.4) is 0 Å². The molecule has 0 aromatic carbocycles. The van der Waals surface area contributed by atoms with Gasteiger partial charge in [0.25, 0.3) is 0 Å². The second kappa shape index (κ2) is 10.7. The maximum atomic E-state index is 11.1. The molecule has 0 aliphatic rings. The molecule has 0 radical (unpaired) electrons. The van der Waals surface area contributed by atoms with E-state index in [1.807, 2.05) is 0 Å². The van der Waals surface area contributed by atoms with E-state index in [4.69, 9.17) is 14.2 Å². The van der Waals surface area contributed by atoms with E-state index in [-0.39, 0.29) is 56.2 Å². The van der Waals surface area contributed by atoms with Crippen LogP contribution in [0.4, 0.5) is 0 Å². The first-order chi connectivity index (χ1) is 9.03. The third kappa shape index (κ3) is 9.42. The molecule has 0 amide bonds. The summed E-state index contributed by atoms with van der Waals surface area (Å²) in [6.45, 7) is 5.08. The highest BCUT2D eigenvalue weighted by molar-refractivity contribution is 7.57. The van der Waals surface area contributed by atoms with Crippen LogP contribution >= 0.6 is 7.92 Å². The molecule has 0 bridgehead atoms. The van der Waals surface area contributed by atoms with Crippen molar-refractivity contribution < 1.29 is 28.6 Å². The Labute approximate surface area is 114 Å². The predicted molar refractivity (Wildman–Crippen MR) is 70.7 cm³/mol.